The Kier molecular flexibility index (Phi) is 5.01. The topological polar surface area (TPSA) is 103 Å². The van der Waals surface area contributed by atoms with Gasteiger partial charge in [-0.25, -0.2) is 18.3 Å². The Morgan fingerprint density at radius 1 is 1.22 bits per heavy atom. The molecule has 4 heterocycles. The molecule has 32 heavy (non-hydrogen) atoms. The molecule has 0 bridgehead atoms. The van der Waals surface area contributed by atoms with Gasteiger partial charge in [0.2, 0.25) is 0 Å². The van der Waals surface area contributed by atoms with E-state index in [1.54, 1.807) is 33.9 Å². The first-order valence-electron chi connectivity index (χ1n) is 10.2. The minimum Gasteiger partial charge on any atom is -0.347 e. The maximum atomic E-state index is 13.9. The van der Waals surface area contributed by atoms with E-state index in [9.17, 15) is 13.6 Å². The van der Waals surface area contributed by atoms with Crippen LogP contribution in [0, 0.1) is 0 Å². The third kappa shape index (κ3) is 3.67. The zero-order valence-electron chi connectivity index (χ0n) is 17.2. The molecule has 1 fully saturated rings. The molecule has 0 aromatic carbocycles. The highest BCUT2D eigenvalue weighted by atomic mass is 32.1. The van der Waals surface area contributed by atoms with Crippen LogP contribution in [0.5, 0.6) is 0 Å². The Balaban J connectivity index is 1.36. The highest BCUT2D eigenvalue weighted by Crippen LogP contribution is 2.33. The smallest absolute Gasteiger partial charge is 0.264 e. The predicted molar refractivity (Wildman–Crippen MR) is 117 cm³/mol. The van der Waals surface area contributed by atoms with Crippen molar-refractivity contribution in [1.29, 1.82) is 0 Å². The summed E-state index contributed by atoms with van der Waals surface area (Å²) in [6.07, 6.45) is 9.49. The number of aryl methyl sites for hydroxylation is 1. The van der Waals surface area contributed by atoms with Crippen molar-refractivity contribution < 1.29 is 13.6 Å². The summed E-state index contributed by atoms with van der Waals surface area (Å²) < 4.78 is 31.2. The largest absolute Gasteiger partial charge is 0.347 e. The lowest BCUT2D eigenvalue weighted by molar-refractivity contribution is -0.0613. The fraction of sp³-hybridized carbons (Fsp3) is 0.333. The average molecular weight is 458 g/mol. The van der Waals surface area contributed by atoms with E-state index >= 15 is 0 Å². The van der Waals surface area contributed by atoms with Gasteiger partial charge in [-0.15, -0.1) is 11.3 Å². The SMILES string of the molecule is Cn1cc(-c2cnc3c(-c4csc(C(=O)NC5CCCC(F)(F)C5N)c4)cnn3c2)cn1. The van der Waals surface area contributed by atoms with Gasteiger partial charge in [0.25, 0.3) is 11.8 Å². The maximum absolute atomic E-state index is 13.9. The molecule has 0 radical (unpaired) electrons. The van der Waals surface area contributed by atoms with Gasteiger partial charge in [0.05, 0.1) is 29.4 Å². The summed E-state index contributed by atoms with van der Waals surface area (Å²) in [5, 5.41) is 13.1. The standard InChI is InChI=1S/C21H21F2N7OS/c1-29-9-14(7-26-29)13-6-25-19-15(8-27-30(19)10-13)12-5-17(32-11-12)20(31)28-16-3-2-4-21(22,23)18(16)24/h5-11,16,18H,2-4,24H2,1H3,(H,28,31). The summed E-state index contributed by atoms with van der Waals surface area (Å²) in [4.78, 5) is 17.6. The summed E-state index contributed by atoms with van der Waals surface area (Å²) in [7, 11) is 1.85. The van der Waals surface area contributed by atoms with Gasteiger partial charge >= 0.3 is 0 Å². The first kappa shape index (κ1) is 20.7. The van der Waals surface area contributed by atoms with Crippen LogP contribution in [-0.2, 0) is 7.05 Å². The Hall–Kier alpha value is -3.18. The van der Waals surface area contributed by atoms with Gasteiger partial charge in [0.15, 0.2) is 5.65 Å². The lowest BCUT2D eigenvalue weighted by Crippen LogP contribution is -2.58. The number of nitrogens with zero attached hydrogens (tertiary/aromatic N) is 5. The number of halogens is 2. The van der Waals surface area contributed by atoms with E-state index < -0.39 is 23.9 Å². The van der Waals surface area contributed by atoms with Gasteiger partial charge in [0, 0.05) is 48.7 Å². The molecule has 1 aliphatic rings. The predicted octanol–water partition coefficient (Wildman–Crippen LogP) is 3.10. The van der Waals surface area contributed by atoms with Crippen molar-refractivity contribution in [3.05, 3.63) is 47.3 Å². The van der Waals surface area contributed by atoms with Crippen molar-refractivity contribution in [2.75, 3.05) is 0 Å². The number of amides is 1. The lowest BCUT2D eigenvalue weighted by atomic mass is 9.87. The van der Waals surface area contributed by atoms with Gasteiger partial charge in [-0.3, -0.25) is 9.48 Å². The minimum absolute atomic E-state index is 0.242. The second kappa shape index (κ2) is 7.75. The van der Waals surface area contributed by atoms with Crippen LogP contribution >= 0.6 is 11.3 Å². The minimum atomic E-state index is -2.96. The van der Waals surface area contributed by atoms with Gasteiger partial charge in [-0.1, -0.05) is 0 Å². The third-order valence-corrected chi connectivity index (χ3v) is 6.72. The molecule has 2 unspecified atom stereocenters. The number of hydrogen-bond donors (Lipinski definition) is 2. The molecule has 0 aliphatic heterocycles. The Bertz CT molecular complexity index is 1290. The lowest BCUT2D eigenvalue weighted by Gasteiger charge is -2.35. The van der Waals surface area contributed by atoms with Crippen molar-refractivity contribution in [2.24, 2.45) is 12.8 Å². The quantitative estimate of drug-likeness (QED) is 0.490. The summed E-state index contributed by atoms with van der Waals surface area (Å²) in [6.45, 7) is 0. The number of hydrogen-bond acceptors (Lipinski definition) is 6. The molecule has 3 N–H and O–H groups in total. The van der Waals surface area contributed by atoms with Gasteiger partial charge in [-0.05, 0) is 29.9 Å². The summed E-state index contributed by atoms with van der Waals surface area (Å²) in [6, 6.07) is -0.404. The number of carbonyl (C=O) groups is 1. The van der Waals surface area contributed by atoms with E-state index in [2.05, 4.69) is 20.5 Å². The first-order valence-corrected chi connectivity index (χ1v) is 11.1. The van der Waals surface area contributed by atoms with E-state index in [0.717, 1.165) is 22.3 Å². The zero-order valence-corrected chi connectivity index (χ0v) is 18.0. The molecule has 4 aromatic rings. The van der Waals surface area contributed by atoms with Crippen molar-refractivity contribution >= 4 is 22.9 Å². The molecule has 1 amide bonds. The number of fused-ring (bicyclic) bond motifs is 1. The van der Waals surface area contributed by atoms with E-state index in [4.69, 9.17) is 5.73 Å². The molecular weight excluding hydrogens is 436 g/mol. The maximum Gasteiger partial charge on any atom is 0.264 e. The van der Waals surface area contributed by atoms with E-state index in [1.165, 1.54) is 11.3 Å². The highest BCUT2D eigenvalue weighted by Gasteiger charge is 2.45. The van der Waals surface area contributed by atoms with Crippen LogP contribution < -0.4 is 11.1 Å². The number of alkyl halides is 2. The van der Waals surface area contributed by atoms with Crippen molar-refractivity contribution in [3.63, 3.8) is 0 Å². The normalized spacial score (nSPS) is 20.5. The number of carbonyl (C=O) groups excluding carboxylic acids is 1. The molecule has 166 valence electrons. The molecule has 2 atom stereocenters. The fourth-order valence-electron chi connectivity index (χ4n) is 3.99. The highest BCUT2D eigenvalue weighted by molar-refractivity contribution is 7.12. The van der Waals surface area contributed by atoms with Crippen molar-refractivity contribution in [1.82, 2.24) is 29.7 Å². The molecule has 5 rings (SSSR count). The van der Waals surface area contributed by atoms with Crippen LogP contribution in [0.25, 0.3) is 27.9 Å². The van der Waals surface area contributed by atoms with Crippen LogP contribution in [0.3, 0.4) is 0 Å². The van der Waals surface area contributed by atoms with Gasteiger partial charge < -0.3 is 11.1 Å². The van der Waals surface area contributed by atoms with Crippen LogP contribution in [0.4, 0.5) is 8.78 Å². The Labute approximate surface area is 186 Å². The Morgan fingerprint density at radius 2 is 2.03 bits per heavy atom. The van der Waals surface area contributed by atoms with E-state index in [1.807, 2.05) is 24.8 Å². The van der Waals surface area contributed by atoms with Crippen LogP contribution in [0.1, 0.15) is 28.9 Å². The fourth-order valence-corrected chi connectivity index (χ4v) is 4.80. The molecule has 1 aliphatic carbocycles. The van der Waals surface area contributed by atoms with Gasteiger partial charge in [0.1, 0.15) is 0 Å². The summed E-state index contributed by atoms with van der Waals surface area (Å²) in [5.74, 6) is -3.36. The zero-order chi connectivity index (χ0) is 22.5. The third-order valence-electron chi connectivity index (χ3n) is 5.79. The van der Waals surface area contributed by atoms with Gasteiger partial charge in [-0.2, -0.15) is 10.2 Å². The molecule has 4 aromatic heterocycles. The van der Waals surface area contributed by atoms with E-state index in [0.29, 0.717) is 23.4 Å². The average Bonchev–Trinajstić information content (AvgIpc) is 3.49. The van der Waals surface area contributed by atoms with Crippen molar-refractivity contribution in [2.45, 2.75) is 37.3 Å². The van der Waals surface area contributed by atoms with Crippen LogP contribution in [-0.4, -0.2) is 48.3 Å². The molecule has 11 heteroatoms. The number of nitrogens with two attached hydrogens (primary N) is 1. The number of thiophene rings is 1. The molecule has 0 saturated heterocycles. The number of aromatic nitrogens is 5. The summed E-state index contributed by atoms with van der Waals surface area (Å²) >= 11 is 1.24. The molecule has 0 spiro atoms. The second-order valence-electron chi connectivity index (χ2n) is 8.03. The molecule has 8 nitrogen and oxygen atoms in total. The van der Waals surface area contributed by atoms with Crippen molar-refractivity contribution in [3.8, 4) is 22.3 Å². The second-order valence-corrected chi connectivity index (χ2v) is 8.94. The van der Waals surface area contributed by atoms with E-state index in [-0.39, 0.29) is 6.42 Å². The Morgan fingerprint density at radius 3 is 2.81 bits per heavy atom. The summed E-state index contributed by atoms with van der Waals surface area (Å²) in [5.41, 5.74) is 9.72. The molecular formula is C21H21F2N7OS. The first-order chi connectivity index (χ1) is 15.3. The number of rotatable bonds is 4. The number of nitrogens with one attached hydrogen (secondary N) is 1. The monoisotopic (exact) mass is 457 g/mol. The molecule has 1 saturated carbocycles. The van der Waals surface area contributed by atoms with Crippen LogP contribution in [0.2, 0.25) is 0 Å². The van der Waals surface area contributed by atoms with Crippen LogP contribution in [0.15, 0.2) is 42.4 Å².